The van der Waals surface area contributed by atoms with E-state index in [1.807, 2.05) is 0 Å². The Bertz CT molecular complexity index is 1080. The minimum atomic E-state index is -3.31. The van der Waals surface area contributed by atoms with Crippen molar-refractivity contribution in [3.8, 4) is 0 Å². The zero-order valence-corrected chi connectivity index (χ0v) is 25.1. The van der Waals surface area contributed by atoms with E-state index in [1.165, 1.54) is 33.4 Å². The number of halogens is 2. The van der Waals surface area contributed by atoms with Gasteiger partial charge in [0.15, 0.2) is 0 Å². The molecule has 2 aliphatic carbocycles. The maximum Gasteiger partial charge on any atom is -0.147 e. The summed E-state index contributed by atoms with van der Waals surface area (Å²) >= 11 is -3.31. The predicted molar refractivity (Wildman–Crippen MR) is 139 cm³/mol. The van der Waals surface area contributed by atoms with Gasteiger partial charge in [-0.15, -0.1) is 24.8 Å². The fourth-order valence-electron chi connectivity index (χ4n) is 6.55. The van der Waals surface area contributed by atoms with Crippen LogP contribution in [0.1, 0.15) is 65.6 Å². The van der Waals surface area contributed by atoms with Crippen LogP contribution in [0.2, 0.25) is 9.26 Å². The predicted octanol–water partition coefficient (Wildman–Crippen LogP) is 7.71. The molecular formula is C26H36Cl2SiZr. The standard InChI is InChI=1S/2C12H13.2CH3.2ClH.H2Si.Zr/c2*1-8-6-11-9(2)4-5-10(3)12(11)7-8;;;;;;/h2*4-7H,1-3H3;2*1H3;2*1H;1H2;. The molecule has 0 radical (unpaired) electrons. The van der Waals surface area contributed by atoms with Gasteiger partial charge in [-0.25, -0.2) is 0 Å². The molecule has 0 aromatic heterocycles. The van der Waals surface area contributed by atoms with E-state index in [9.17, 15) is 0 Å². The third-order valence-corrected chi connectivity index (χ3v) is 25.4. The van der Waals surface area contributed by atoms with Gasteiger partial charge in [-0.3, -0.25) is 0 Å². The molecule has 30 heavy (non-hydrogen) atoms. The summed E-state index contributed by atoms with van der Waals surface area (Å²) in [6.45, 7) is 16.4. The molecule has 0 nitrogen and oxygen atoms in total. The quantitative estimate of drug-likeness (QED) is 0.344. The molecule has 4 rings (SSSR count). The molecule has 2 atom stereocenters. The van der Waals surface area contributed by atoms with E-state index in [1.54, 1.807) is 22.3 Å². The van der Waals surface area contributed by atoms with Crippen molar-refractivity contribution >= 4 is 43.8 Å². The van der Waals surface area contributed by atoms with Gasteiger partial charge in [0.05, 0.1) is 0 Å². The van der Waals surface area contributed by atoms with E-state index in [4.69, 9.17) is 0 Å². The molecule has 0 aliphatic heterocycles. The summed E-state index contributed by atoms with van der Waals surface area (Å²) in [7, 11) is 0. The molecule has 4 heteroatoms. The summed E-state index contributed by atoms with van der Waals surface area (Å²) in [5, 5.41) is 0. The first-order valence-corrected chi connectivity index (χ1v) is 24.2. The number of aryl methyl sites for hydroxylation is 4. The average Bonchev–Trinajstić information content (AvgIpc) is 3.14. The number of fused-ring (bicyclic) bond motifs is 2. The van der Waals surface area contributed by atoms with Crippen molar-refractivity contribution in [2.45, 2.75) is 58.1 Å². The van der Waals surface area contributed by atoms with Crippen molar-refractivity contribution in [3.63, 3.8) is 0 Å². The SMILES string of the molecule is CC1=Cc2c(C)ccc(C)c2[CH]1[Zr]([CH3])([CH3])(=[SiH2])[CH]1C(C)=Cc2c(C)ccc(C)c21.Cl.Cl. The second kappa shape index (κ2) is 8.18. The number of benzene rings is 2. The van der Waals surface area contributed by atoms with Crippen LogP contribution in [0.15, 0.2) is 35.4 Å². The molecule has 0 saturated carbocycles. The summed E-state index contributed by atoms with van der Waals surface area (Å²) in [5.41, 5.74) is 15.4. The second-order valence-electron chi connectivity index (χ2n) is 10.6. The molecule has 0 saturated heterocycles. The summed E-state index contributed by atoms with van der Waals surface area (Å²) in [6.07, 6.45) is 5.02. The van der Waals surface area contributed by atoms with Crippen LogP contribution in [-0.2, 0) is 17.4 Å². The van der Waals surface area contributed by atoms with E-state index in [2.05, 4.69) is 94.1 Å². The molecule has 2 aromatic carbocycles. The van der Waals surface area contributed by atoms with Gasteiger partial charge in [0.2, 0.25) is 0 Å². The maximum absolute atomic E-state index is 3.31. The van der Waals surface area contributed by atoms with Crippen LogP contribution in [0.4, 0.5) is 0 Å². The van der Waals surface area contributed by atoms with Gasteiger partial charge in [-0.1, -0.05) is 0 Å². The summed E-state index contributed by atoms with van der Waals surface area (Å²) < 4.78 is 6.73. The van der Waals surface area contributed by atoms with Gasteiger partial charge < -0.3 is 0 Å². The van der Waals surface area contributed by atoms with E-state index in [0.29, 0.717) is 7.25 Å². The molecular weight excluding hydrogens is 503 g/mol. The second-order valence-corrected chi connectivity index (χ2v) is 41.1. The van der Waals surface area contributed by atoms with Crippen molar-refractivity contribution in [1.82, 2.24) is 0 Å². The Morgan fingerprint density at radius 2 is 0.900 bits per heavy atom. The topological polar surface area (TPSA) is 0 Å². The van der Waals surface area contributed by atoms with Gasteiger partial charge in [-0.2, -0.15) is 0 Å². The zero-order chi connectivity index (χ0) is 20.6. The van der Waals surface area contributed by atoms with Gasteiger partial charge in [-0.05, 0) is 0 Å². The third kappa shape index (κ3) is 3.61. The zero-order valence-electron chi connectivity index (χ0n) is 19.6. The minimum Gasteiger partial charge on any atom is -0.147 e. The Labute approximate surface area is 197 Å². The van der Waals surface area contributed by atoms with E-state index in [0.717, 1.165) is 0 Å². The molecule has 0 bridgehead atoms. The number of rotatable bonds is 2. The molecule has 0 heterocycles. The van der Waals surface area contributed by atoms with Crippen LogP contribution in [0.5, 0.6) is 0 Å². The van der Waals surface area contributed by atoms with Crippen LogP contribution in [0.3, 0.4) is 0 Å². The molecule has 0 N–H and O–H groups in total. The third-order valence-electron chi connectivity index (χ3n) is 7.57. The summed E-state index contributed by atoms with van der Waals surface area (Å²) in [6, 6.07) is 9.30. The molecule has 2 aromatic rings. The molecule has 0 fully saturated rings. The van der Waals surface area contributed by atoms with Crippen LogP contribution in [0.25, 0.3) is 12.2 Å². The van der Waals surface area contributed by atoms with Gasteiger partial charge >= 0.3 is 174 Å². The van der Waals surface area contributed by atoms with Gasteiger partial charge in [0.1, 0.15) is 0 Å². The van der Waals surface area contributed by atoms with Crippen molar-refractivity contribution in [1.29, 1.82) is 0 Å². The number of hydrogen-bond donors (Lipinski definition) is 0. The van der Waals surface area contributed by atoms with Crippen LogP contribution >= 0.6 is 24.8 Å². The number of hydrogen-bond acceptors (Lipinski definition) is 0. The minimum absolute atomic E-state index is 0. The van der Waals surface area contributed by atoms with Gasteiger partial charge in [0, 0.05) is 0 Å². The monoisotopic (exact) mass is 536 g/mol. The Hall–Kier alpha value is -0.400. The molecule has 2 unspecified atom stereocenters. The smallest absolute Gasteiger partial charge is 0.147 e. The Morgan fingerprint density at radius 3 is 1.23 bits per heavy atom. The number of allylic oxidation sites excluding steroid dienone is 2. The van der Waals surface area contributed by atoms with Crippen LogP contribution in [0, 0.1) is 27.7 Å². The molecule has 2 aliphatic rings. The van der Waals surface area contributed by atoms with E-state index >= 15 is 0 Å². The van der Waals surface area contributed by atoms with Crippen LogP contribution in [-0.4, -0.2) is 6.88 Å². The van der Waals surface area contributed by atoms with E-state index in [-0.39, 0.29) is 24.8 Å². The molecule has 0 amide bonds. The van der Waals surface area contributed by atoms with Crippen molar-refractivity contribution < 1.29 is 17.4 Å². The van der Waals surface area contributed by atoms with Crippen molar-refractivity contribution in [2.75, 3.05) is 0 Å². The van der Waals surface area contributed by atoms with E-state index < -0.39 is 17.4 Å². The Balaban J connectivity index is 0.00000160. The Kier molecular flexibility index (Phi) is 7.05. The fraction of sp³-hybridized carbons (Fsp3) is 0.385. The fourth-order valence-corrected chi connectivity index (χ4v) is 27.9. The first-order chi connectivity index (χ1) is 12.9. The Morgan fingerprint density at radius 1 is 0.600 bits per heavy atom. The van der Waals surface area contributed by atoms with Crippen molar-refractivity contribution in [2.24, 2.45) is 0 Å². The maximum atomic E-state index is 2.73. The van der Waals surface area contributed by atoms with Crippen molar-refractivity contribution in [3.05, 3.63) is 79.9 Å². The summed E-state index contributed by atoms with van der Waals surface area (Å²) in [5.74, 6) is 0. The first-order valence-electron chi connectivity index (χ1n) is 10.6. The van der Waals surface area contributed by atoms with Gasteiger partial charge in [0.25, 0.3) is 0 Å². The average molecular weight is 539 g/mol. The first kappa shape index (κ1) is 25.9. The normalized spacial score (nSPS) is 19.9. The largest absolute Gasteiger partial charge is 0.147 e. The molecule has 162 valence electrons. The summed E-state index contributed by atoms with van der Waals surface area (Å²) in [4.78, 5) is 0. The van der Waals surface area contributed by atoms with Crippen LogP contribution < -0.4 is 0 Å². The molecule has 0 spiro atoms.